The Balaban J connectivity index is 2.26. The number of nitrogens with zero attached hydrogens (tertiary/aromatic N) is 2. The summed E-state index contributed by atoms with van der Waals surface area (Å²) in [5, 5.41) is 8.74. The third kappa shape index (κ3) is 4.25. The summed E-state index contributed by atoms with van der Waals surface area (Å²) in [6, 6.07) is 8.26. The summed E-state index contributed by atoms with van der Waals surface area (Å²) in [5.74, 6) is 0.385. The van der Waals surface area contributed by atoms with E-state index < -0.39 is 0 Å². The summed E-state index contributed by atoms with van der Waals surface area (Å²) in [6.45, 7) is 7.47. The van der Waals surface area contributed by atoms with Crippen molar-refractivity contribution in [2.45, 2.75) is 45.6 Å². The molecule has 0 bridgehead atoms. The molecule has 0 amide bonds. The van der Waals surface area contributed by atoms with Gasteiger partial charge in [-0.05, 0) is 48.5 Å². The first-order valence-corrected chi connectivity index (χ1v) is 8.57. The molecule has 0 fully saturated rings. The van der Waals surface area contributed by atoms with E-state index in [1.807, 2.05) is 18.2 Å². The van der Waals surface area contributed by atoms with Crippen molar-refractivity contribution in [3.8, 4) is 0 Å². The van der Waals surface area contributed by atoms with Crippen LogP contribution in [0.2, 0.25) is 5.02 Å². The lowest BCUT2D eigenvalue weighted by Crippen LogP contribution is -2.24. The molecule has 0 saturated heterocycles. The third-order valence-electron chi connectivity index (χ3n) is 3.43. The molecule has 5 heteroatoms. The van der Waals surface area contributed by atoms with Crippen molar-refractivity contribution >= 4 is 23.1 Å². The molecule has 2 rings (SSSR count). The Hall–Kier alpha value is -0.970. The van der Waals surface area contributed by atoms with Gasteiger partial charge in [0.15, 0.2) is 0 Å². The Labute approximate surface area is 135 Å². The van der Waals surface area contributed by atoms with Gasteiger partial charge in [0.2, 0.25) is 0 Å². The van der Waals surface area contributed by atoms with E-state index in [4.69, 9.17) is 11.6 Å². The second kappa shape index (κ2) is 7.87. The smallest absolute Gasteiger partial charge is 0.0829 e. The van der Waals surface area contributed by atoms with Crippen molar-refractivity contribution in [3.05, 3.63) is 45.4 Å². The molecule has 0 radical (unpaired) electrons. The zero-order valence-electron chi connectivity index (χ0n) is 12.8. The largest absolute Gasteiger partial charge is 0.309 e. The fraction of sp³-hybridized carbons (Fsp3) is 0.500. The molecule has 3 nitrogen and oxygen atoms in total. The molecule has 2 aromatic rings. The van der Waals surface area contributed by atoms with Gasteiger partial charge in [-0.3, -0.25) is 0 Å². The quantitative estimate of drug-likeness (QED) is 0.809. The van der Waals surface area contributed by atoms with Crippen LogP contribution in [0.5, 0.6) is 0 Å². The van der Waals surface area contributed by atoms with Crippen LogP contribution in [0.1, 0.15) is 55.3 Å². The number of aromatic nitrogens is 2. The zero-order chi connectivity index (χ0) is 15.2. The van der Waals surface area contributed by atoms with Crippen molar-refractivity contribution in [2.24, 2.45) is 0 Å². The Morgan fingerprint density at radius 3 is 2.71 bits per heavy atom. The molecular formula is C16H22ClN3S. The molecule has 1 aromatic carbocycles. The number of hydrogen-bond acceptors (Lipinski definition) is 4. The van der Waals surface area contributed by atoms with Gasteiger partial charge < -0.3 is 5.32 Å². The minimum absolute atomic E-state index is 0.224. The molecular weight excluding hydrogens is 302 g/mol. The highest BCUT2D eigenvalue weighted by atomic mass is 35.5. The van der Waals surface area contributed by atoms with Gasteiger partial charge in [0.05, 0.1) is 10.6 Å². The monoisotopic (exact) mass is 323 g/mol. The number of halogens is 1. The van der Waals surface area contributed by atoms with Gasteiger partial charge in [0, 0.05) is 11.1 Å². The number of benzene rings is 1. The van der Waals surface area contributed by atoms with Gasteiger partial charge in [-0.25, -0.2) is 0 Å². The molecule has 0 spiro atoms. The molecule has 0 aliphatic carbocycles. The molecule has 1 atom stereocenters. The van der Waals surface area contributed by atoms with Gasteiger partial charge in [0.25, 0.3) is 0 Å². The lowest BCUT2D eigenvalue weighted by Gasteiger charge is -2.19. The first kappa shape index (κ1) is 16.4. The van der Waals surface area contributed by atoms with Crippen LogP contribution in [0.25, 0.3) is 0 Å². The Morgan fingerprint density at radius 1 is 1.29 bits per heavy atom. The van der Waals surface area contributed by atoms with Crippen LogP contribution in [0.15, 0.2) is 24.3 Å². The first-order chi connectivity index (χ1) is 10.1. The molecule has 1 aromatic heterocycles. The molecule has 114 valence electrons. The third-order valence-corrected chi connectivity index (χ3v) is 4.65. The molecule has 0 saturated carbocycles. The van der Waals surface area contributed by atoms with E-state index in [0.29, 0.717) is 5.92 Å². The van der Waals surface area contributed by atoms with E-state index in [1.165, 1.54) is 16.4 Å². The molecule has 1 N–H and O–H groups in total. The zero-order valence-corrected chi connectivity index (χ0v) is 14.3. The van der Waals surface area contributed by atoms with Crippen LogP contribution >= 0.6 is 23.1 Å². The molecule has 1 unspecified atom stereocenters. The van der Waals surface area contributed by atoms with E-state index >= 15 is 0 Å². The van der Waals surface area contributed by atoms with Crippen LogP contribution in [-0.4, -0.2) is 16.1 Å². The van der Waals surface area contributed by atoms with E-state index in [-0.39, 0.29) is 6.04 Å². The summed E-state index contributed by atoms with van der Waals surface area (Å²) in [6.07, 6.45) is 1.96. The highest BCUT2D eigenvalue weighted by Gasteiger charge is 2.21. The second-order valence-corrected chi connectivity index (χ2v) is 6.67. The van der Waals surface area contributed by atoms with Gasteiger partial charge >= 0.3 is 0 Å². The maximum Gasteiger partial charge on any atom is 0.0829 e. The summed E-state index contributed by atoms with van der Waals surface area (Å²) >= 11 is 7.81. The summed E-state index contributed by atoms with van der Waals surface area (Å²) in [7, 11) is 0. The number of nitrogens with one attached hydrogen (secondary N) is 1. The van der Waals surface area contributed by atoms with E-state index in [9.17, 15) is 0 Å². The molecule has 1 heterocycles. The minimum atomic E-state index is 0.224. The van der Waals surface area contributed by atoms with Crippen LogP contribution < -0.4 is 5.32 Å². The maximum absolute atomic E-state index is 6.31. The molecule has 0 aliphatic heterocycles. The molecule has 0 aliphatic rings. The number of rotatable bonds is 7. The van der Waals surface area contributed by atoms with Crippen LogP contribution in [0, 0.1) is 0 Å². The Kier molecular flexibility index (Phi) is 6.15. The fourth-order valence-electron chi connectivity index (χ4n) is 2.31. The average molecular weight is 324 g/mol. The maximum atomic E-state index is 6.31. The molecule has 21 heavy (non-hydrogen) atoms. The first-order valence-electron chi connectivity index (χ1n) is 7.42. The highest BCUT2D eigenvalue weighted by molar-refractivity contribution is 7.05. The standard InChI is InChI=1S/C16H22ClN3S/c1-4-9-18-14(10-12-7-5-6-8-13(12)17)16-15(11(2)3)19-20-21-16/h5-8,11,14,18H,4,9-10H2,1-3H3. The fourth-order valence-corrected chi connectivity index (χ4v) is 3.40. The summed E-state index contributed by atoms with van der Waals surface area (Å²) in [5.41, 5.74) is 2.26. The summed E-state index contributed by atoms with van der Waals surface area (Å²) < 4.78 is 4.16. The van der Waals surface area contributed by atoms with Crippen molar-refractivity contribution in [2.75, 3.05) is 6.54 Å². The predicted molar refractivity (Wildman–Crippen MR) is 90.2 cm³/mol. The SMILES string of the molecule is CCCNC(Cc1ccccc1Cl)c1snnc1C(C)C. The minimum Gasteiger partial charge on any atom is -0.309 e. The average Bonchev–Trinajstić information content (AvgIpc) is 2.95. The van der Waals surface area contributed by atoms with Gasteiger partial charge in [0.1, 0.15) is 0 Å². The van der Waals surface area contributed by atoms with Crippen molar-refractivity contribution < 1.29 is 0 Å². The van der Waals surface area contributed by atoms with Gasteiger partial charge in [-0.1, -0.05) is 55.1 Å². The second-order valence-electron chi connectivity index (χ2n) is 5.48. The van der Waals surface area contributed by atoms with Crippen LogP contribution in [0.3, 0.4) is 0 Å². The van der Waals surface area contributed by atoms with E-state index in [1.54, 1.807) is 0 Å². The van der Waals surface area contributed by atoms with Crippen LogP contribution in [-0.2, 0) is 6.42 Å². The van der Waals surface area contributed by atoms with Crippen molar-refractivity contribution in [1.29, 1.82) is 0 Å². The van der Waals surface area contributed by atoms with Crippen molar-refractivity contribution in [1.82, 2.24) is 14.9 Å². The highest BCUT2D eigenvalue weighted by Crippen LogP contribution is 2.30. The summed E-state index contributed by atoms with van der Waals surface area (Å²) in [4.78, 5) is 1.23. The van der Waals surface area contributed by atoms with Crippen LogP contribution in [0.4, 0.5) is 0 Å². The van der Waals surface area contributed by atoms with E-state index in [0.717, 1.165) is 35.7 Å². The lowest BCUT2D eigenvalue weighted by atomic mass is 10.00. The van der Waals surface area contributed by atoms with E-state index in [2.05, 4.69) is 41.7 Å². The Bertz CT molecular complexity index is 568. The Morgan fingerprint density at radius 2 is 2.05 bits per heavy atom. The lowest BCUT2D eigenvalue weighted by molar-refractivity contribution is 0.529. The van der Waals surface area contributed by atoms with Gasteiger partial charge in [-0.2, -0.15) is 0 Å². The predicted octanol–water partition coefficient (Wildman–Crippen LogP) is 4.60. The normalized spacial score (nSPS) is 12.8. The van der Waals surface area contributed by atoms with Gasteiger partial charge in [-0.15, -0.1) is 5.10 Å². The van der Waals surface area contributed by atoms with Crippen molar-refractivity contribution in [3.63, 3.8) is 0 Å². The topological polar surface area (TPSA) is 37.8 Å². The number of hydrogen-bond donors (Lipinski definition) is 1.